The van der Waals surface area contributed by atoms with Crippen LogP contribution in [0.4, 0.5) is 5.69 Å². The topological polar surface area (TPSA) is 32.6 Å². The molecule has 0 bridgehead atoms. The van der Waals surface area contributed by atoms with Crippen molar-refractivity contribution in [3.63, 3.8) is 0 Å². The van der Waals surface area contributed by atoms with E-state index in [2.05, 4.69) is 18.0 Å². The van der Waals surface area contributed by atoms with Gasteiger partial charge in [-0.05, 0) is 37.6 Å². The Kier molecular flexibility index (Phi) is 5.21. The Hall–Kier alpha value is -1.49. The van der Waals surface area contributed by atoms with Crippen LogP contribution in [0.1, 0.15) is 16.7 Å². The summed E-state index contributed by atoms with van der Waals surface area (Å²) in [7, 11) is 0. The fraction of sp³-hybridized carbons (Fsp3) is 0.133. The minimum absolute atomic E-state index is 0. The molecule has 0 saturated heterocycles. The van der Waals surface area contributed by atoms with Crippen molar-refractivity contribution in [1.29, 1.82) is 0 Å². The van der Waals surface area contributed by atoms with Crippen molar-refractivity contribution < 1.29 is 5.11 Å². The number of hydrogen-bond acceptors (Lipinski definition) is 2. The van der Waals surface area contributed by atoms with E-state index in [-0.39, 0.29) is 24.6 Å². The first kappa shape index (κ1) is 14.6. The molecule has 0 aliphatic carbocycles. The number of phenolic OH excluding ortho intramolecular Hbond substituents is 1. The van der Waals surface area contributed by atoms with Crippen molar-refractivity contribution in [3.05, 3.63) is 59.2 Å². The molecule has 2 aromatic carbocycles. The van der Waals surface area contributed by atoms with Gasteiger partial charge in [-0.1, -0.05) is 29.8 Å². The first-order chi connectivity index (χ1) is 8.16. The quantitative estimate of drug-likeness (QED) is 0.627. The van der Waals surface area contributed by atoms with E-state index in [0.29, 0.717) is 0 Å². The van der Waals surface area contributed by atoms with Gasteiger partial charge in [0, 0.05) is 11.8 Å². The van der Waals surface area contributed by atoms with Gasteiger partial charge in [-0.15, -0.1) is 0 Å². The number of hydrogen-bond donors (Lipinski definition) is 1. The summed E-state index contributed by atoms with van der Waals surface area (Å²) < 4.78 is 0. The SMILES string of the molecule is Cc1ccc(N=Cc2ccccc2O)c(C)c1.[LiH]. The Balaban J connectivity index is 0.00000162. The molecule has 88 valence electrons. The molecule has 2 aromatic rings. The normalized spacial score (nSPS) is 10.3. The molecular weight excluding hydrogens is 217 g/mol. The van der Waals surface area contributed by atoms with Crippen LogP contribution in [0.2, 0.25) is 0 Å². The van der Waals surface area contributed by atoms with Gasteiger partial charge in [-0.25, -0.2) is 0 Å². The standard InChI is InChI=1S/C15H15NO.Li.H/c1-11-7-8-14(12(2)9-11)16-10-13-5-3-4-6-15(13)17;;/h3-10,17H,1-2H3;;. The minimum atomic E-state index is 0. The molecule has 0 amide bonds. The van der Waals surface area contributed by atoms with Gasteiger partial charge in [-0.3, -0.25) is 4.99 Å². The third kappa shape index (κ3) is 3.50. The molecule has 0 atom stereocenters. The fourth-order valence-corrected chi connectivity index (χ4v) is 1.69. The van der Waals surface area contributed by atoms with E-state index in [9.17, 15) is 5.11 Å². The van der Waals surface area contributed by atoms with E-state index >= 15 is 0 Å². The monoisotopic (exact) mass is 233 g/mol. The number of nitrogens with zero attached hydrogens (tertiary/aromatic N) is 1. The number of aliphatic imine (C=N–C) groups is 1. The molecule has 0 aliphatic rings. The number of aryl methyl sites for hydroxylation is 2. The Morgan fingerprint density at radius 2 is 1.78 bits per heavy atom. The van der Waals surface area contributed by atoms with E-state index in [1.807, 2.05) is 31.2 Å². The Morgan fingerprint density at radius 1 is 1.06 bits per heavy atom. The van der Waals surface area contributed by atoms with Crippen LogP contribution in [0.25, 0.3) is 0 Å². The van der Waals surface area contributed by atoms with Crippen LogP contribution in [0.3, 0.4) is 0 Å². The first-order valence-corrected chi connectivity index (χ1v) is 5.56. The summed E-state index contributed by atoms with van der Waals surface area (Å²) >= 11 is 0. The summed E-state index contributed by atoms with van der Waals surface area (Å²) in [6, 6.07) is 13.3. The molecule has 0 spiro atoms. The van der Waals surface area contributed by atoms with Crippen molar-refractivity contribution in [2.75, 3.05) is 0 Å². The van der Waals surface area contributed by atoms with E-state index in [1.54, 1.807) is 18.3 Å². The Labute approximate surface area is 120 Å². The molecule has 0 radical (unpaired) electrons. The molecule has 3 heteroatoms. The van der Waals surface area contributed by atoms with Crippen molar-refractivity contribution in [2.45, 2.75) is 13.8 Å². The van der Waals surface area contributed by atoms with Gasteiger partial charge in [0.05, 0.1) is 5.69 Å². The second kappa shape index (κ2) is 6.44. The summed E-state index contributed by atoms with van der Waals surface area (Å²) in [5.74, 6) is 0.251. The Bertz CT molecular complexity index is 564. The van der Waals surface area contributed by atoms with Crippen molar-refractivity contribution in [3.8, 4) is 5.75 Å². The fourth-order valence-electron chi connectivity index (χ4n) is 1.69. The van der Waals surface area contributed by atoms with Crippen molar-refractivity contribution in [1.82, 2.24) is 0 Å². The van der Waals surface area contributed by atoms with Gasteiger partial charge >= 0.3 is 18.9 Å². The molecule has 0 unspecified atom stereocenters. The second-order valence-corrected chi connectivity index (χ2v) is 4.11. The summed E-state index contributed by atoms with van der Waals surface area (Å²) in [5.41, 5.74) is 4.02. The van der Waals surface area contributed by atoms with E-state index in [0.717, 1.165) is 16.8 Å². The first-order valence-electron chi connectivity index (χ1n) is 5.56. The molecule has 2 rings (SSSR count). The number of benzene rings is 2. The molecule has 0 fully saturated rings. The van der Waals surface area contributed by atoms with Gasteiger partial charge in [0.15, 0.2) is 0 Å². The second-order valence-electron chi connectivity index (χ2n) is 4.11. The average Bonchev–Trinajstić information content (AvgIpc) is 2.30. The summed E-state index contributed by atoms with van der Waals surface area (Å²) in [6.45, 7) is 4.09. The molecule has 2 nitrogen and oxygen atoms in total. The predicted molar refractivity (Wildman–Crippen MR) is 78.4 cm³/mol. The van der Waals surface area contributed by atoms with Gasteiger partial charge in [0.1, 0.15) is 5.75 Å². The zero-order chi connectivity index (χ0) is 12.3. The molecule has 0 saturated carbocycles. The molecule has 18 heavy (non-hydrogen) atoms. The summed E-state index contributed by atoms with van der Waals surface area (Å²) in [5, 5.41) is 9.61. The predicted octanol–water partition coefficient (Wildman–Crippen LogP) is 3.11. The van der Waals surface area contributed by atoms with Crippen LogP contribution < -0.4 is 0 Å². The summed E-state index contributed by atoms with van der Waals surface area (Å²) in [6.07, 6.45) is 1.69. The summed E-state index contributed by atoms with van der Waals surface area (Å²) in [4.78, 5) is 4.39. The van der Waals surface area contributed by atoms with Crippen LogP contribution in [0.5, 0.6) is 5.75 Å². The van der Waals surface area contributed by atoms with Gasteiger partial charge in [0.2, 0.25) is 0 Å². The number of rotatable bonds is 2. The Morgan fingerprint density at radius 3 is 2.44 bits per heavy atom. The van der Waals surface area contributed by atoms with E-state index in [1.165, 1.54) is 5.56 Å². The zero-order valence-electron chi connectivity index (χ0n) is 10.0. The molecule has 0 aromatic heterocycles. The van der Waals surface area contributed by atoms with Gasteiger partial charge < -0.3 is 5.11 Å². The van der Waals surface area contributed by atoms with Crippen molar-refractivity contribution in [2.24, 2.45) is 4.99 Å². The molecule has 1 N–H and O–H groups in total. The van der Waals surface area contributed by atoms with E-state index < -0.39 is 0 Å². The molecular formula is C15H16LiNO. The molecule has 0 heterocycles. The molecule has 0 aliphatic heterocycles. The zero-order valence-corrected chi connectivity index (χ0v) is 10.0. The van der Waals surface area contributed by atoms with Crippen molar-refractivity contribution >= 4 is 30.8 Å². The number of para-hydroxylation sites is 1. The van der Waals surface area contributed by atoms with Crippen LogP contribution in [0.15, 0.2) is 47.5 Å². The van der Waals surface area contributed by atoms with Crippen LogP contribution >= 0.6 is 0 Å². The van der Waals surface area contributed by atoms with Crippen LogP contribution in [-0.4, -0.2) is 30.2 Å². The third-order valence-corrected chi connectivity index (χ3v) is 2.63. The van der Waals surface area contributed by atoms with Crippen LogP contribution in [-0.2, 0) is 0 Å². The van der Waals surface area contributed by atoms with Gasteiger partial charge in [-0.2, -0.15) is 0 Å². The maximum atomic E-state index is 9.61. The third-order valence-electron chi connectivity index (χ3n) is 2.63. The number of aromatic hydroxyl groups is 1. The van der Waals surface area contributed by atoms with Crippen LogP contribution in [0, 0.1) is 13.8 Å². The van der Waals surface area contributed by atoms with E-state index in [4.69, 9.17) is 0 Å². The average molecular weight is 233 g/mol. The number of phenols is 1. The van der Waals surface area contributed by atoms with Gasteiger partial charge in [0.25, 0.3) is 0 Å². The maximum absolute atomic E-state index is 9.61.